The van der Waals surface area contributed by atoms with Crippen molar-refractivity contribution >= 4 is 41.0 Å². The highest BCUT2D eigenvalue weighted by Crippen LogP contribution is 2.26. The molecule has 0 saturated heterocycles. The number of hydroxylamine groups is 1. The molecule has 3 amide bonds. The molecule has 0 atom stereocenters. The molecule has 0 bridgehead atoms. The van der Waals surface area contributed by atoms with E-state index < -0.39 is 23.5 Å². The summed E-state index contributed by atoms with van der Waals surface area (Å²) >= 11 is 5.79. The lowest BCUT2D eigenvalue weighted by molar-refractivity contribution is -0.129. The van der Waals surface area contributed by atoms with Gasteiger partial charge in [-0.15, -0.1) is 0 Å². The molecule has 0 spiro atoms. The molecule has 0 unspecified atom stereocenters. The van der Waals surface area contributed by atoms with Gasteiger partial charge in [0, 0.05) is 13.3 Å². The number of furan rings is 1. The predicted octanol–water partition coefficient (Wildman–Crippen LogP) is 3.88. The molecule has 0 saturated carbocycles. The van der Waals surface area contributed by atoms with E-state index in [1.165, 1.54) is 37.3 Å². The van der Waals surface area contributed by atoms with Crippen LogP contribution in [-0.2, 0) is 20.8 Å². The number of halogens is 2. The van der Waals surface area contributed by atoms with Crippen molar-refractivity contribution in [2.24, 2.45) is 0 Å². The predicted molar refractivity (Wildman–Crippen MR) is 109 cm³/mol. The van der Waals surface area contributed by atoms with E-state index in [-0.39, 0.29) is 17.2 Å². The number of hydrogen-bond acceptors (Lipinski definition) is 5. The third-order valence-electron chi connectivity index (χ3n) is 4.25. The van der Waals surface area contributed by atoms with Crippen LogP contribution < -0.4 is 10.8 Å². The average Bonchev–Trinajstić information content (AvgIpc) is 3.10. The van der Waals surface area contributed by atoms with Gasteiger partial charge in [-0.2, -0.15) is 0 Å². The van der Waals surface area contributed by atoms with Crippen LogP contribution in [0.15, 0.2) is 34.7 Å². The Morgan fingerprint density at radius 1 is 1.17 bits per heavy atom. The molecule has 7 nitrogen and oxygen atoms in total. The van der Waals surface area contributed by atoms with E-state index in [2.05, 4.69) is 5.32 Å². The second kappa shape index (κ2) is 11.3. The summed E-state index contributed by atoms with van der Waals surface area (Å²) in [6.07, 6.45) is 3.90. The molecule has 2 aromatic rings. The van der Waals surface area contributed by atoms with Crippen molar-refractivity contribution in [2.75, 3.05) is 0 Å². The summed E-state index contributed by atoms with van der Waals surface area (Å²) in [5, 5.41) is 10.9. The SMILES string of the molecule is CC(=O)NC(=O)/C(=C\c1ccc(Cl)o1)c1ccc(F)cc1CCCCCC(=O)NO. The molecule has 3 N–H and O–H groups in total. The van der Waals surface area contributed by atoms with Crippen LogP contribution in [0.4, 0.5) is 4.39 Å². The van der Waals surface area contributed by atoms with Gasteiger partial charge in [0.25, 0.3) is 5.91 Å². The topological polar surface area (TPSA) is 109 Å². The fourth-order valence-corrected chi connectivity index (χ4v) is 3.06. The second-order valence-corrected chi connectivity index (χ2v) is 6.98. The van der Waals surface area contributed by atoms with E-state index in [9.17, 15) is 18.8 Å². The van der Waals surface area contributed by atoms with Crippen molar-refractivity contribution in [3.8, 4) is 0 Å². The summed E-state index contributed by atoms with van der Waals surface area (Å²) in [6, 6.07) is 7.12. The van der Waals surface area contributed by atoms with Crippen LogP contribution in [0.1, 0.15) is 49.5 Å². The zero-order valence-electron chi connectivity index (χ0n) is 16.3. The molecule has 0 fully saturated rings. The maximum absolute atomic E-state index is 13.9. The molecular formula is C21H22ClFN2O5. The van der Waals surface area contributed by atoms with Gasteiger partial charge in [0.1, 0.15) is 11.6 Å². The van der Waals surface area contributed by atoms with Crippen LogP contribution >= 0.6 is 11.6 Å². The first kappa shape index (κ1) is 23.3. The van der Waals surface area contributed by atoms with Gasteiger partial charge in [-0.1, -0.05) is 12.5 Å². The first-order valence-corrected chi connectivity index (χ1v) is 9.68. The number of carbonyl (C=O) groups is 3. The van der Waals surface area contributed by atoms with E-state index in [1.54, 1.807) is 11.5 Å². The molecule has 0 aliphatic heterocycles. The van der Waals surface area contributed by atoms with Gasteiger partial charge in [0.05, 0.1) is 5.57 Å². The number of benzene rings is 1. The molecule has 160 valence electrons. The smallest absolute Gasteiger partial charge is 0.258 e. The Balaban J connectivity index is 2.29. The van der Waals surface area contributed by atoms with Gasteiger partial charge in [-0.05, 0) is 72.3 Å². The van der Waals surface area contributed by atoms with Gasteiger partial charge in [-0.3, -0.25) is 24.9 Å². The second-order valence-electron chi connectivity index (χ2n) is 6.61. The van der Waals surface area contributed by atoms with Crippen molar-refractivity contribution in [1.29, 1.82) is 0 Å². The standard InChI is InChI=1S/C21H22ClFN2O5/c1-13(26)24-21(28)18(12-16-8-10-19(22)30-16)17-9-7-15(23)11-14(17)5-3-2-4-6-20(27)25-29/h7-12,29H,2-6H2,1H3,(H,25,27)(H,24,26,28)/b18-12-. The summed E-state index contributed by atoms with van der Waals surface area (Å²) in [4.78, 5) is 35.1. The average molecular weight is 437 g/mol. The number of carbonyl (C=O) groups excluding carboxylic acids is 3. The van der Waals surface area contributed by atoms with Crippen LogP contribution in [-0.4, -0.2) is 22.9 Å². The molecule has 1 aromatic carbocycles. The fraction of sp³-hybridized carbons (Fsp3) is 0.286. The van der Waals surface area contributed by atoms with Crippen molar-refractivity contribution in [3.63, 3.8) is 0 Å². The third-order valence-corrected chi connectivity index (χ3v) is 4.45. The molecule has 2 rings (SSSR count). The third kappa shape index (κ3) is 7.13. The number of aryl methyl sites for hydroxylation is 1. The molecule has 30 heavy (non-hydrogen) atoms. The first-order chi connectivity index (χ1) is 14.3. The minimum Gasteiger partial charge on any atom is -0.445 e. The number of hydrogen-bond donors (Lipinski definition) is 3. The van der Waals surface area contributed by atoms with Gasteiger partial charge in [0.2, 0.25) is 11.8 Å². The molecular weight excluding hydrogens is 415 g/mol. The number of rotatable bonds is 9. The van der Waals surface area contributed by atoms with E-state index in [0.29, 0.717) is 42.6 Å². The van der Waals surface area contributed by atoms with E-state index >= 15 is 0 Å². The normalized spacial score (nSPS) is 11.3. The van der Waals surface area contributed by atoms with Crippen molar-refractivity contribution in [2.45, 2.75) is 39.0 Å². The Hall–Kier alpha value is -2.97. The number of amides is 3. The lowest BCUT2D eigenvalue weighted by atomic mass is 9.94. The summed E-state index contributed by atoms with van der Waals surface area (Å²) in [5.74, 6) is -1.80. The largest absolute Gasteiger partial charge is 0.445 e. The maximum Gasteiger partial charge on any atom is 0.258 e. The summed E-state index contributed by atoms with van der Waals surface area (Å²) < 4.78 is 19.2. The highest BCUT2D eigenvalue weighted by molar-refractivity contribution is 6.29. The zero-order valence-corrected chi connectivity index (χ0v) is 17.1. The Labute approximate surface area is 177 Å². The Kier molecular flexibility index (Phi) is 8.76. The molecule has 0 aliphatic rings. The number of nitrogens with one attached hydrogen (secondary N) is 2. The van der Waals surface area contributed by atoms with Crippen molar-refractivity contribution < 1.29 is 28.4 Å². The van der Waals surface area contributed by atoms with Crippen LogP contribution in [0.25, 0.3) is 11.6 Å². The number of unbranched alkanes of at least 4 members (excludes halogenated alkanes) is 2. The van der Waals surface area contributed by atoms with Crippen LogP contribution in [0, 0.1) is 5.82 Å². The Morgan fingerprint density at radius 3 is 2.57 bits per heavy atom. The highest BCUT2D eigenvalue weighted by atomic mass is 35.5. The van der Waals surface area contributed by atoms with Crippen LogP contribution in [0.2, 0.25) is 5.22 Å². The minimum atomic E-state index is -0.650. The Morgan fingerprint density at radius 2 is 1.93 bits per heavy atom. The molecule has 0 radical (unpaired) electrons. The van der Waals surface area contributed by atoms with Crippen LogP contribution in [0.5, 0.6) is 0 Å². The first-order valence-electron chi connectivity index (χ1n) is 9.31. The lowest BCUT2D eigenvalue weighted by Crippen LogP contribution is -2.29. The van der Waals surface area contributed by atoms with Gasteiger partial charge in [-0.25, -0.2) is 9.87 Å². The van der Waals surface area contributed by atoms with Crippen LogP contribution in [0.3, 0.4) is 0 Å². The van der Waals surface area contributed by atoms with Crippen molar-refractivity contribution in [1.82, 2.24) is 10.8 Å². The molecule has 9 heteroatoms. The van der Waals surface area contributed by atoms with Gasteiger partial charge < -0.3 is 4.42 Å². The highest BCUT2D eigenvalue weighted by Gasteiger charge is 2.18. The lowest BCUT2D eigenvalue weighted by Gasteiger charge is -2.13. The summed E-state index contributed by atoms with van der Waals surface area (Å²) in [6.45, 7) is 1.22. The van der Waals surface area contributed by atoms with Gasteiger partial charge >= 0.3 is 0 Å². The van der Waals surface area contributed by atoms with E-state index in [0.717, 1.165) is 0 Å². The molecule has 0 aliphatic carbocycles. The Bertz CT molecular complexity index is 955. The number of imide groups is 1. The molecule has 1 heterocycles. The summed E-state index contributed by atoms with van der Waals surface area (Å²) in [5.41, 5.74) is 2.73. The monoisotopic (exact) mass is 436 g/mol. The molecule has 1 aromatic heterocycles. The zero-order chi connectivity index (χ0) is 22.1. The minimum absolute atomic E-state index is 0.130. The quantitative estimate of drug-likeness (QED) is 0.239. The fourth-order valence-electron chi connectivity index (χ4n) is 2.91. The van der Waals surface area contributed by atoms with E-state index in [1.807, 2.05) is 0 Å². The van der Waals surface area contributed by atoms with Gasteiger partial charge in [0.15, 0.2) is 5.22 Å². The maximum atomic E-state index is 13.9. The van der Waals surface area contributed by atoms with Crippen molar-refractivity contribution in [3.05, 3.63) is 58.3 Å². The van der Waals surface area contributed by atoms with E-state index in [4.69, 9.17) is 21.2 Å². The summed E-state index contributed by atoms with van der Waals surface area (Å²) in [7, 11) is 0.